The molecule has 26 heavy (non-hydrogen) atoms. The number of rotatable bonds is 5. The SMILES string of the molecule is Cc1nc([C@H](C)NC(=O)c2cc(Cn3cnc4ccccc43)on2)cs1. The van der Waals surface area contributed by atoms with Crippen molar-refractivity contribution in [3.05, 3.63) is 64.2 Å². The van der Waals surface area contributed by atoms with Gasteiger partial charge in [-0.05, 0) is 26.0 Å². The molecule has 4 aromatic rings. The number of aromatic nitrogens is 4. The normalized spacial score (nSPS) is 12.4. The van der Waals surface area contributed by atoms with Crippen LogP contribution < -0.4 is 5.32 Å². The molecule has 1 atom stereocenters. The van der Waals surface area contributed by atoms with Crippen molar-refractivity contribution >= 4 is 28.3 Å². The van der Waals surface area contributed by atoms with E-state index in [0.29, 0.717) is 12.3 Å². The molecule has 0 saturated heterocycles. The lowest BCUT2D eigenvalue weighted by atomic mass is 10.2. The minimum absolute atomic E-state index is 0.190. The molecule has 0 aliphatic heterocycles. The van der Waals surface area contributed by atoms with Gasteiger partial charge >= 0.3 is 0 Å². The second-order valence-electron chi connectivity index (χ2n) is 6.03. The summed E-state index contributed by atoms with van der Waals surface area (Å²) in [5, 5.41) is 9.69. The highest BCUT2D eigenvalue weighted by Crippen LogP contribution is 2.17. The fraction of sp³-hybridized carbons (Fsp3) is 0.222. The number of nitrogens with one attached hydrogen (secondary N) is 1. The van der Waals surface area contributed by atoms with Crippen molar-refractivity contribution in [1.82, 2.24) is 25.0 Å². The third kappa shape index (κ3) is 3.23. The van der Waals surface area contributed by atoms with Crippen molar-refractivity contribution in [2.24, 2.45) is 0 Å². The summed E-state index contributed by atoms with van der Waals surface area (Å²) in [6.07, 6.45) is 1.75. The summed E-state index contributed by atoms with van der Waals surface area (Å²) in [5.74, 6) is 0.309. The lowest BCUT2D eigenvalue weighted by molar-refractivity contribution is 0.0930. The Morgan fingerprint density at radius 3 is 3.04 bits per heavy atom. The van der Waals surface area contributed by atoms with Crippen molar-refractivity contribution in [1.29, 1.82) is 0 Å². The maximum atomic E-state index is 12.4. The molecule has 0 spiro atoms. The number of aryl methyl sites for hydroxylation is 1. The number of para-hydroxylation sites is 2. The maximum absolute atomic E-state index is 12.4. The summed E-state index contributed by atoms with van der Waals surface area (Å²) in [7, 11) is 0. The monoisotopic (exact) mass is 367 g/mol. The Balaban J connectivity index is 1.46. The lowest BCUT2D eigenvalue weighted by Gasteiger charge is -2.09. The third-order valence-electron chi connectivity index (χ3n) is 4.07. The smallest absolute Gasteiger partial charge is 0.274 e. The molecule has 0 bridgehead atoms. The van der Waals surface area contributed by atoms with E-state index < -0.39 is 0 Å². The van der Waals surface area contributed by atoms with Gasteiger partial charge in [-0.3, -0.25) is 4.79 Å². The molecule has 132 valence electrons. The van der Waals surface area contributed by atoms with Crippen LogP contribution in [0.2, 0.25) is 0 Å². The zero-order valence-electron chi connectivity index (χ0n) is 14.3. The predicted octanol–water partition coefficient (Wildman–Crippen LogP) is 3.33. The van der Waals surface area contributed by atoms with E-state index >= 15 is 0 Å². The largest absolute Gasteiger partial charge is 0.359 e. The highest BCUT2D eigenvalue weighted by Gasteiger charge is 2.17. The quantitative estimate of drug-likeness (QED) is 0.585. The van der Waals surface area contributed by atoms with E-state index in [-0.39, 0.29) is 17.6 Å². The van der Waals surface area contributed by atoms with Crippen molar-refractivity contribution in [3.63, 3.8) is 0 Å². The van der Waals surface area contributed by atoms with Crippen LogP contribution in [-0.4, -0.2) is 25.6 Å². The highest BCUT2D eigenvalue weighted by molar-refractivity contribution is 7.09. The van der Waals surface area contributed by atoms with Crippen LogP contribution in [0.1, 0.15) is 39.9 Å². The molecule has 1 amide bonds. The summed E-state index contributed by atoms with van der Waals surface area (Å²) >= 11 is 1.56. The summed E-state index contributed by atoms with van der Waals surface area (Å²) in [6.45, 7) is 4.29. The van der Waals surface area contributed by atoms with Crippen molar-refractivity contribution in [3.8, 4) is 0 Å². The van der Waals surface area contributed by atoms with Crippen LogP contribution in [0.3, 0.4) is 0 Å². The van der Waals surface area contributed by atoms with Gasteiger partial charge in [0, 0.05) is 11.4 Å². The number of carbonyl (C=O) groups is 1. The van der Waals surface area contributed by atoms with Crippen LogP contribution in [0, 0.1) is 6.92 Å². The van der Waals surface area contributed by atoms with Crippen LogP contribution in [0.5, 0.6) is 0 Å². The zero-order valence-corrected chi connectivity index (χ0v) is 15.2. The van der Waals surface area contributed by atoms with Gasteiger partial charge in [0.05, 0.1) is 40.6 Å². The second kappa shape index (κ2) is 6.72. The van der Waals surface area contributed by atoms with Gasteiger partial charge in [0.25, 0.3) is 5.91 Å². The van der Waals surface area contributed by atoms with Crippen molar-refractivity contribution < 1.29 is 9.32 Å². The molecule has 0 unspecified atom stereocenters. The molecule has 3 heterocycles. The third-order valence-corrected chi connectivity index (χ3v) is 4.86. The van der Waals surface area contributed by atoms with Gasteiger partial charge in [-0.15, -0.1) is 11.3 Å². The van der Waals surface area contributed by atoms with Crippen LogP contribution >= 0.6 is 11.3 Å². The molecule has 1 N–H and O–H groups in total. The topological polar surface area (TPSA) is 85.8 Å². The number of thiazole rings is 1. The van der Waals surface area contributed by atoms with Gasteiger partial charge in [-0.1, -0.05) is 17.3 Å². The van der Waals surface area contributed by atoms with Crippen LogP contribution in [0.25, 0.3) is 11.0 Å². The Morgan fingerprint density at radius 2 is 2.23 bits per heavy atom. The number of carbonyl (C=O) groups excluding carboxylic acids is 1. The van der Waals surface area contributed by atoms with Crippen LogP contribution in [0.15, 0.2) is 46.6 Å². The maximum Gasteiger partial charge on any atom is 0.274 e. The number of benzene rings is 1. The first-order valence-corrected chi connectivity index (χ1v) is 9.06. The van der Waals surface area contributed by atoms with Crippen molar-refractivity contribution in [2.75, 3.05) is 0 Å². The molecule has 0 aliphatic rings. The molecule has 7 nitrogen and oxygen atoms in total. The molecule has 0 saturated carbocycles. The Morgan fingerprint density at radius 1 is 1.38 bits per heavy atom. The Hall–Kier alpha value is -3.00. The summed E-state index contributed by atoms with van der Waals surface area (Å²) < 4.78 is 7.28. The van der Waals surface area contributed by atoms with Gasteiger partial charge in [-0.2, -0.15) is 0 Å². The molecule has 1 aromatic carbocycles. The van der Waals surface area contributed by atoms with Crippen LogP contribution in [-0.2, 0) is 6.54 Å². The molecule has 4 rings (SSSR count). The molecule has 0 fully saturated rings. The first-order valence-electron chi connectivity index (χ1n) is 8.18. The van der Waals surface area contributed by atoms with E-state index in [1.165, 1.54) is 0 Å². The number of hydrogen-bond donors (Lipinski definition) is 1. The van der Waals surface area contributed by atoms with E-state index in [1.807, 2.05) is 48.1 Å². The Bertz CT molecular complexity index is 1060. The molecular weight excluding hydrogens is 350 g/mol. The van der Waals surface area contributed by atoms with Gasteiger partial charge in [0.1, 0.15) is 0 Å². The highest BCUT2D eigenvalue weighted by atomic mass is 32.1. The number of hydrogen-bond acceptors (Lipinski definition) is 6. The Kier molecular flexibility index (Phi) is 4.26. The van der Waals surface area contributed by atoms with E-state index in [4.69, 9.17) is 4.52 Å². The minimum atomic E-state index is -0.284. The average molecular weight is 367 g/mol. The molecule has 8 heteroatoms. The van der Waals surface area contributed by atoms with E-state index in [0.717, 1.165) is 21.7 Å². The van der Waals surface area contributed by atoms with E-state index in [9.17, 15) is 4.79 Å². The van der Waals surface area contributed by atoms with E-state index in [2.05, 4.69) is 20.4 Å². The fourth-order valence-electron chi connectivity index (χ4n) is 2.72. The zero-order chi connectivity index (χ0) is 18.1. The number of nitrogens with zero attached hydrogens (tertiary/aromatic N) is 4. The summed E-state index contributed by atoms with van der Waals surface area (Å²) in [6, 6.07) is 9.31. The standard InChI is InChI=1S/C18H17N5O2S/c1-11(16-9-26-12(2)21-16)20-18(24)15-7-13(25-22-15)8-23-10-19-14-5-3-4-6-17(14)23/h3-7,9-11H,8H2,1-2H3,(H,20,24)/t11-/m0/s1. The van der Waals surface area contributed by atoms with Gasteiger partial charge in [-0.25, -0.2) is 9.97 Å². The predicted molar refractivity (Wildman–Crippen MR) is 98.1 cm³/mol. The van der Waals surface area contributed by atoms with Gasteiger partial charge in [0.15, 0.2) is 11.5 Å². The number of imidazole rings is 1. The summed E-state index contributed by atoms with van der Waals surface area (Å²) in [5.41, 5.74) is 3.01. The molecular formula is C18H17N5O2S. The van der Waals surface area contributed by atoms with Gasteiger partial charge in [0.2, 0.25) is 0 Å². The molecule has 0 aliphatic carbocycles. The van der Waals surface area contributed by atoms with E-state index in [1.54, 1.807) is 23.7 Å². The molecule has 0 radical (unpaired) electrons. The Labute approximate surface area is 153 Å². The lowest BCUT2D eigenvalue weighted by Crippen LogP contribution is -2.27. The van der Waals surface area contributed by atoms with Crippen molar-refractivity contribution in [2.45, 2.75) is 26.4 Å². The fourth-order valence-corrected chi connectivity index (χ4v) is 3.43. The number of amides is 1. The first-order chi connectivity index (χ1) is 12.6. The minimum Gasteiger partial charge on any atom is -0.359 e. The number of fused-ring (bicyclic) bond motifs is 1. The summed E-state index contributed by atoms with van der Waals surface area (Å²) in [4.78, 5) is 21.1. The van der Waals surface area contributed by atoms with Gasteiger partial charge < -0.3 is 14.4 Å². The molecule has 3 aromatic heterocycles. The first kappa shape index (κ1) is 16.5. The average Bonchev–Trinajstić information content (AvgIpc) is 3.36. The van der Waals surface area contributed by atoms with Crippen LogP contribution in [0.4, 0.5) is 0 Å². The second-order valence-corrected chi connectivity index (χ2v) is 7.09.